The first-order chi connectivity index (χ1) is 11.5. The maximum atomic E-state index is 13.0. The van der Waals surface area contributed by atoms with Crippen LogP contribution in [0.2, 0.25) is 0 Å². The normalized spacial score (nSPS) is 27.8. The van der Waals surface area contributed by atoms with Gasteiger partial charge < -0.3 is 15.1 Å². The number of piperazine rings is 1. The van der Waals surface area contributed by atoms with Crippen molar-refractivity contribution in [2.45, 2.75) is 70.9 Å². The smallest absolute Gasteiger partial charge is 0.246 e. The van der Waals surface area contributed by atoms with Gasteiger partial charge in [-0.3, -0.25) is 9.59 Å². The summed E-state index contributed by atoms with van der Waals surface area (Å²) in [5.74, 6) is 1.51. The standard InChI is InChI=1S/C19H33N3O2/c1-4-9-22-17(23)16(12-14(2)3)20-18(24)19(22)7-10-21(11-8-19)13-15-5-6-15/h14-16H,4-13H2,1-3H3,(H,20,24). The highest BCUT2D eigenvalue weighted by Gasteiger charge is 2.53. The molecule has 24 heavy (non-hydrogen) atoms. The molecule has 0 aromatic rings. The largest absolute Gasteiger partial charge is 0.342 e. The number of piperidine rings is 1. The summed E-state index contributed by atoms with van der Waals surface area (Å²) in [6, 6.07) is -0.334. The highest BCUT2D eigenvalue weighted by Crippen LogP contribution is 2.36. The Hall–Kier alpha value is -1.10. The van der Waals surface area contributed by atoms with Crippen LogP contribution < -0.4 is 5.32 Å². The molecule has 3 fully saturated rings. The lowest BCUT2D eigenvalue weighted by Gasteiger charge is -2.52. The highest BCUT2D eigenvalue weighted by atomic mass is 16.2. The van der Waals surface area contributed by atoms with E-state index in [0.29, 0.717) is 12.5 Å². The molecule has 0 aromatic heterocycles. The van der Waals surface area contributed by atoms with Gasteiger partial charge in [0.1, 0.15) is 11.6 Å². The SMILES string of the molecule is CCCN1C(=O)C(CC(C)C)NC(=O)C12CCN(CC1CC1)CC2. The molecule has 1 saturated carbocycles. The molecule has 3 rings (SSSR count). The quantitative estimate of drug-likeness (QED) is 0.808. The van der Waals surface area contributed by atoms with E-state index in [-0.39, 0.29) is 17.9 Å². The van der Waals surface area contributed by atoms with E-state index < -0.39 is 5.54 Å². The van der Waals surface area contributed by atoms with Gasteiger partial charge in [-0.1, -0.05) is 20.8 Å². The molecule has 2 aliphatic heterocycles. The zero-order chi connectivity index (χ0) is 17.3. The molecule has 5 heteroatoms. The molecule has 136 valence electrons. The van der Waals surface area contributed by atoms with E-state index in [2.05, 4.69) is 31.0 Å². The lowest BCUT2D eigenvalue weighted by Crippen LogP contribution is -2.73. The molecule has 1 N–H and O–H groups in total. The van der Waals surface area contributed by atoms with Crippen LogP contribution in [0.4, 0.5) is 0 Å². The monoisotopic (exact) mass is 335 g/mol. The van der Waals surface area contributed by atoms with E-state index in [1.807, 2.05) is 4.90 Å². The zero-order valence-corrected chi connectivity index (χ0v) is 15.5. The van der Waals surface area contributed by atoms with Gasteiger partial charge in [0.15, 0.2) is 0 Å². The van der Waals surface area contributed by atoms with E-state index in [4.69, 9.17) is 0 Å². The molecule has 2 heterocycles. The van der Waals surface area contributed by atoms with Gasteiger partial charge >= 0.3 is 0 Å². The van der Waals surface area contributed by atoms with Crippen molar-refractivity contribution < 1.29 is 9.59 Å². The molecular weight excluding hydrogens is 302 g/mol. The third-order valence-corrected chi connectivity index (χ3v) is 5.86. The summed E-state index contributed by atoms with van der Waals surface area (Å²) >= 11 is 0. The number of carbonyl (C=O) groups is 2. The molecule has 5 nitrogen and oxygen atoms in total. The summed E-state index contributed by atoms with van der Waals surface area (Å²) in [7, 11) is 0. The van der Waals surface area contributed by atoms with Crippen molar-refractivity contribution in [3.8, 4) is 0 Å². The molecule has 3 aliphatic rings. The van der Waals surface area contributed by atoms with Crippen LogP contribution in [0.25, 0.3) is 0 Å². The summed E-state index contributed by atoms with van der Waals surface area (Å²) in [6.45, 7) is 10.0. The minimum atomic E-state index is -0.597. The van der Waals surface area contributed by atoms with E-state index in [1.54, 1.807) is 0 Å². The number of nitrogens with one attached hydrogen (secondary N) is 1. The van der Waals surface area contributed by atoms with Crippen LogP contribution in [0.5, 0.6) is 0 Å². The van der Waals surface area contributed by atoms with Crippen molar-refractivity contribution >= 4 is 11.8 Å². The number of amides is 2. The molecule has 2 saturated heterocycles. The molecule has 1 spiro atoms. The van der Waals surface area contributed by atoms with Gasteiger partial charge in [-0.15, -0.1) is 0 Å². The topological polar surface area (TPSA) is 52.7 Å². The summed E-state index contributed by atoms with van der Waals surface area (Å²) in [5, 5.41) is 3.07. The van der Waals surface area contributed by atoms with Crippen molar-refractivity contribution in [2.75, 3.05) is 26.2 Å². The van der Waals surface area contributed by atoms with E-state index in [0.717, 1.165) is 44.7 Å². The van der Waals surface area contributed by atoms with Gasteiger partial charge in [0.05, 0.1) is 0 Å². The Kier molecular flexibility index (Phi) is 5.19. The Morgan fingerprint density at radius 2 is 1.88 bits per heavy atom. The molecule has 0 aromatic carbocycles. The fourth-order valence-electron chi connectivity index (χ4n) is 4.32. The third-order valence-electron chi connectivity index (χ3n) is 5.86. The van der Waals surface area contributed by atoms with Crippen molar-refractivity contribution in [2.24, 2.45) is 11.8 Å². The van der Waals surface area contributed by atoms with Crippen LogP contribution in [-0.2, 0) is 9.59 Å². The Balaban J connectivity index is 1.73. The van der Waals surface area contributed by atoms with Crippen LogP contribution in [0.1, 0.15) is 59.3 Å². The zero-order valence-electron chi connectivity index (χ0n) is 15.5. The van der Waals surface area contributed by atoms with E-state index in [9.17, 15) is 9.59 Å². The minimum Gasteiger partial charge on any atom is -0.342 e. The summed E-state index contributed by atoms with van der Waals surface area (Å²) in [4.78, 5) is 30.5. The lowest BCUT2D eigenvalue weighted by molar-refractivity contribution is -0.161. The second kappa shape index (κ2) is 7.03. The minimum absolute atomic E-state index is 0.0901. The maximum Gasteiger partial charge on any atom is 0.246 e. The predicted molar refractivity (Wildman–Crippen MR) is 94.5 cm³/mol. The molecule has 1 aliphatic carbocycles. The molecule has 1 atom stereocenters. The van der Waals surface area contributed by atoms with Gasteiger partial charge in [-0.05, 0) is 50.4 Å². The number of nitrogens with zero attached hydrogens (tertiary/aromatic N) is 2. The number of likely N-dealkylation sites (tertiary alicyclic amines) is 1. The fraction of sp³-hybridized carbons (Fsp3) is 0.895. The Bertz CT molecular complexity index is 479. The van der Waals surface area contributed by atoms with Crippen LogP contribution in [-0.4, -0.2) is 59.4 Å². The van der Waals surface area contributed by atoms with Crippen LogP contribution in [0, 0.1) is 11.8 Å². The van der Waals surface area contributed by atoms with Gasteiger partial charge in [-0.2, -0.15) is 0 Å². The Labute approximate surface area is 146 Å². The van der Waals surface area contributed by atoms with Crippen molar-refractivity contribution in [3.63, 3.8) is 0 Å². The first-order valence-corrected chi connectivity index (χ1v) is 9.81. The van der Waals surface area contributed by atoms with Crippen molar-refractivity contribution in [3.05, 3.63) is 0 Å². The lowest BCUT2D eigenvalue weighted by atomic mass is 9.80. The highest BCUT2D eigenvalue weighted by molar-refractivity contribution is 6.00. The van der Waals surface area contributed by atoms with E-state index in [1.165, 1.54) is 19.4 Å². The summed E-state index contributed by atoms with van der Waals surface area (Å²) < 4.78 is 0. The van der Waals surface area contributed by atoms with Gasteiger partial charge in [0, 0.05) is 26.2 Å². The predicted octanol–water partition coefficient (Wildman–Crippen LogP) is 2.01. The Morgan fingerprint density at radius 3 is 2.42 bits per heavy atom. The van der Waals surface area contributed by atoms with E-state index >= 15 is 0 Å². The van der Waals surface area contributed by atoms with Crippen LogP contribution in [0.15, 0.2) is 0 Å². The third kappa shape index (κ3) is 3.46. The Morgan fingerprint density at radius 1 is 1.21 bits per heavy atom. The molecule has 1 unspecified atom stereocenters. The van der Waals surface area contributed by atoms with Crippen LogP contribution >= 0.6 is 0 Å². The number of hydrogen-bond donors (Lipinski definition) is 1. The first-order valence-electron chi connectivity index (χ1n) is 9.81. The van der Waals surface area contributed by atoms with Gasteiger partial charge in [0.25, 0.3) is 0 Å². The number of carbonyl (C=O) groups excluding carboxylic acids is 2. The first kappa shape index (κ1) is 17.7. The summed E-state index contributed by atoms with van der Waals surface area (Å²) in [5.41, 5.74) is -0.597. The van der Waals surface area contributed by atoms with Gasteiger partial charge in [0.2, 0.25) is 11.8 Å². The second-order valence-electron chi connectivity index (χ2n) is 8.42. The molecule has 0 bridgehead atoms. The second-order valence-corrected chi connectivity index (χ2v) is 8.42. The number of rotatable bonds is 6. The molecular formula is C19H33N3O2. The molecule has 2 amide bonds. The number of hydrogen-bond acceptors (Lipinski definition) is 3. The van der Waals surface area contributed by atoms with Crippen molar-refractivity contribution in [1.82, 2.24) is 15.1 Å². The van der Waals surface area contributed by atoms with Crippen LogP contribution in [0.3, 0.4) is 0 Å². The summed E-state index contributed by atoms with van der Waals surface area (Å²) in [6.07, 6.45) is 5.92. The molecule has 0 radical (unpaired) electrons. The average molecular weight is 335 g/mol. The average Bonchev–Trinajstić information content (AvgIpc) is 3.35. The maximum absolute atomic E-state index is 13.0. The fourth-order valence-corrected chi connectivity index (χ4v) is 4.32. The van der Waals surface area contributed by atoms with Gasteiger partial charge in [-0.25, -0.2) is 0 Å². The van der Waals surface area contributed by atoms with Crippen molar-refractivity contribution in [1.29, 1.82) is 0 Å².